The Kier molecular flexibility index (Phi) is 5.03. The van der Waals surface area contributed by atoms with Gasteiger partial charge in [-0.25, -0.2) is 4.68 Å². The first-order valence-electron chi connectivity index (χ1n) is 9.26. The molecular formula is C24H19N3O2. The van der Waals surface area contributed by atoms with Crippen LogP contribution in [0.5, 0.6) is 0 Å². The molecule has 0 aliphatic carbocycles. The normalized spacial score (nSPS) is 10.5. The number of para-hydroxylation sites is 2. The highest BCUT2D eigenvalue weighted by Crippen LogP contribution is 2.22. The average Bonchev–Trinajstić information content (AvgIpc) is 3.12. The van der Waals surface area contributed by atoms with E-state index in [0.717, 1.165) is 5.69 Å². The standard InChI is InChI=1S/C24H19N3O2/c1-17-21(24(29)25-19-13-7-3-8-14-19)22(23(28)18-11-5-2-6-12-18)26-27(17)20-15-9-4-10-16-20/h2-16H,1H3,(H,25,29). The van der Waals surface area contributed by atoms with Crippen LogP contribution < -0.4 is 5.32 Å². The highest BCUT2D eigenvalue weighted by atomic mass is 16.2. The molecule has 142 valence electrons. The fourth-order valence-electron chi connectivity index (χ4n) is 3.19. The molecule has 1 N–H and O–H groups in total. The third-order valence-electron chi connectivity index (χ3n) is 4.63. The Hall–Kier alpha value is -3.99. The minimum absolute atomic E-state index is 0.131. The summed E-state index contributed by atoms with van der Waals surface area (Å²) in [4.78, 5) is 26.3. The summed E-state index contributed by atoms with van der Waals surface area (Å²) in [6.45, 7) is 1.79. The number of amides is 1. The van der Waals surface area contributed by atoms with E-state index in [1.807, 2.05) is 54.6 Å². The van der Waals surface area contributed by atoms with E-state index in [4.69, 9.17) is 0 Å². The first-order chi connectivity index (χ1) is 14.1. The van der Waals surface area contributed by atoms with Crippen molar-refractivity contribution in [3.63, 3.8) is 0 Å². The van der Waals surface area contributed by atoms with Gasteiger partial charge in [0.2, 0.25) is 5.78 Å². The number of aromatic nitrogens is 2. The van der Waals surface area contributed by atoms with Crippen molar-refractivity contribution in [1.29, 1.82) is 0 Å². The van der Waals surface area contributed by atoms with E-state index in [1.165, 1.54) is 0 Å². The Labute approximate surface area is 168 Å². The molecule has 4 aromatic rings. The monoisotopic (exact) mass is 381 g/mol. The zero-order chi connectivity index (χ0) is 20.2. The summed E-state index contributed by atoms with van der Waals surface area (Å²) in [5.74, 6) is -0.656. The molecule has 5 nitrogen and oxygen atoms in total. The topological polar surface area (TPSA) is 64.0 Å². The predicted octanol–water partition coefficient (Wildman–Crippen LogP) is 4.66. The van der Waals surface area contributed by atoms with Gasteiger partial charge in [0, 0.05) is 11.3 Å². The predicted molar refractivity (Wildman–Crippen MR) is 113 cm³/mol. The molecule has 0 spiro atoms. The first-order valence-corrected chi connectivity index (χ1v) is 9.26. The van der Waals surface area contributed by atoms with Crippen LogP contribution >= 0.6 is 0 Å². The van der Waals surface area contributed by atoms with E-state index in [2.05, 4.69) is 10.4 Å². The van der Waals surface area contributed by atoms with Crippen LogP contribution in [0.15, 0.2) is 91.0 Å². The molecule has 0 radical (unpaired) electrons. The molecule has 0 saturated carbocycles. The van der Waals surface area contributed by atoms with Crippen LogP contribution in [-0.2, 0) is 0 Å². The zero-order valence-electron chi connectivity index (χ0n) is 15.9. The van der Waals surface area contributed by atoms with Gasteiger partial charge in [0.1, 0.15) is 5.69 Å². The Morgan fingerprint density at radius 3 is 1.97 bits per heavy atom. The largest absolute Gasteiger partial charge is 0.322 e. The van der Waals surface area contributed by atoms with Gasteiger partial charge in [-0.15, -0.1) is 0 Å². The van der Waals surface area contributed by atoms with E-state index < -0.39 is 0 Å². The SMILES string of the molecule is Cc1c(C(=O)Nc2ccccc2)c(C(=O)c2ccccc2)nn1-c1ccccc1. The summed E-state index contributed by atoms with van der Waals surface area (Å²) in [5.41, 5.74) is 2.92. The molecule has 0 bridgehead atoms. The molecule has 1 amide bonds. The van der Waals surface area contributed by atoms with Crippen LogP contribution in [0.1, 0.15) is 32.1 Å². The fraction of sp³-hybridized carbons (Fsp3) is 0.0417. The Balaban J connectivity index is 1.82. The number of carbonyl (C=O) groups is 2. The third kappa shape index (κ3) is 3.71. The van der Waals surface area contributed by atoms with Crippen molar-refractivity contribution < 1.29 is 9.59 Å². The van der Waals surface area contributed by atoms with E-state index >= 15 is 0 Å². The van der Waals surface area contributed by atoms with Gasteiger partial charge in [0.05, 0.1) is 16.9 Å². The molecule has 3 aromatic carbocycles. The van der Waals surface area contributed by atoms with Crippen LogP contribution in [0.3, 0.4) is 0 Å². The Morgan fingerprint density at radius 2 is 1.34 bits per heavy atom. The number of benzene rings is 3. The van der Waals surface area contributed by atoms with Gasteiger partial charge >= 0.3 is 0 Å². The van der Waals surface area contributed by atoms with Crippen molar-refractivity contribution in [3.05, 3.63) is 114 Å². The zero-order valence-corrected chi connectivity index (χ0v) is 15.9. The van der Waals surface area contributed by atoms with Crippen LogP contribution in [0.4, 0.5) is 5.69 Å². The van der Waals surface area contributed by atoms with Crippen molar-refractivity contribution in [1.82, 2.24) is 9.78 Å². The molecule has 0 unspecified atom stereocenters. The Morgan fingerprint density at radius 1 is 0.793 bits per heavy atom. The van der Waals surface area contributed by atoms with Crippen LogP contribution in [-0.4, -0.2) is 21.5 Å². The average molecular weight is 381 g/mol. The summed E-state index contributed by atoms with van der Waals surface area (Å²) < 4.78 is 1.63. The maximum absolute atomic E-state index is 13.2. The van der Waals surface area contributed by atoms with Crippen molar-refractivity contribution in [2.24, 2.45) is 0 Å². The van der Waals surface area contributed by atoms with Crippen molar-refractivity contribution in [2.75, 3.05) is 5.32 Å². The van der Waals surface area contributed by atoms with Gasteiger partial charge in [0.15, 0.2) is 0 Å². The highest BCUT2D eigenvalue weighted by Gasteiger charge is 2.27. The number of nitrogens with one attached hydrogen (secondary N) is 1. The molecule has 0 aliphatic heterocycles. The Bertz CT molecular complexity index is 1150. The second-order valence-electron chi connectivity index (χ2n) is 6.57. The maximum Gasteiger partial charge on any atom is 0.259 e. The number of nitrogens with zero attached hydrogens (tertiary/aromatic N) is 2. The molecule has 5 heteroatoms. The van der Waals surface area contributed by atoms with E-state index in [9.17, 15) is 9.59 Å². The molecule has 1 heterocycles. The number of rotatable bonds is 5. The van der Waals surface area contributed by atoms with Crippen LogP contribution in [0.2, 0.25) is 0 Å². The van der Waals surface area contributed by atoms with E-state index in [1.54, 1.807) is 48.0 Å². The van der Waals surface area contributed by atoms with Crippen LogP contribution in [0.25, 0.3) is 5.69 Å². The molecule has 0 aliphatic rings. The van der Waals surface area contributed by atoms with Crippen molar-refractivity contribution >= 4 is 17.4 Å². The lowest BCUT2D eigenvalue weighted by Crippen LogP contribution is -2.17. The maximum atomic E-state index is 13.2. The first kappa shape index (κ1) is 18.4. The third-order valence-corrected chi connectivity index (χ3v) is 4.63. The molecule has 1 aromatic heterocycles. The van der Waals surface area contributed by atoms with Crippen molar-refractivity contribution in [3.8, 4) is 5.69 Å². The minimum Gasteiger partial charge on any atom is -0.322 e. The van der Waals surface area contributed by atoms with Gasteiger partial charge < -0.3 is 5.32 Å². The molecule has 29 heavy (non-hydrogen) atoms. The lowest BCUT2D eigenvalue weighted by Gasteiger charge is -2.07. The quantitative estimate of drug-likeness (QED) is 0.511. The fourth-order valence-corrected chi connectivity index (χ4v) is 3.19. The molecular weight excluding hydrogens is 362 g/mol. The van der Waals surface area contributed by atoms with Crippen LogP contribution in [0, 0.1) is 6.92 Å². The number of carbonyl (C=O) groups excluding carboxylic acids is 2. The van der Waals surface area contributed by atoms with Gasteiger partial charge in [-0.1, -0.05) is 66.7 Å². The summed E-state index contributed by atoms with van der Waals surface area (Å²) in [6, 6.07) is 27.5. The van der Waals surface area contributed by atoms with Gasteiger partial charge in [0.25, 0.3) is 5.91 Å². The summed E-state index contributed by atoms with van der Waals surface area (Å²) in [7, 11) is 0. The summed E-state index contributed by atoms with van der Waals surface area (Å²) in [6.07, 6.45) is 0. The van der Waals surface area contributed by atoms with E-state index in [0.29, 0.717) is 16.9 Å². The van der Waals surface area contributed by atoms with Crippen molar-refractivity contribution in [2.45, 2.75) is 6.92 Å². The number of hydrogen-bond acceptors (Lipinski definition) is 3. The summed E-state index contributed by atoms with van der Waals surface area (Å²) in [5, 5.41) is 7.39. The van der Waals surface area contributed by atoms with Gasteiger partial charge in [-0.05, 0) is 31.2 Å². The second-order valence-corrected chi connectivity index (χ2v) is 6.57. The minimum atomic E-state index is -0.366. The smallest absolute Gasteiger partial charge is 0.259 e. The number of ketones is 1. The molecule has 0 fully saturated rings. The summed E-state index contributed by atoms with van der Waals surface area (Å²) >= 11 is 0. The molecule has 4 rings (SSSR count). The lowest BCUT2D eigenvalue weighted by atomic mass is 10.0. The van der Waals surface area contributed by atoms with Gasteiger partial charge in [-0.3, -0.25) is 9.59 Å². The number of anilines is 1. The van der Waals surface area contributed by atoms with Gasteiger partial charge in [-0.2, -0.15) is 5.10 Å². The lowest BCUT2D eigenvalue weighted by molar-refractivity contribution is 0.0994. The molecule has 0 atom stereocenters. The highest BCUT2D eigenvalue weighted by molar-refractivity contribution is 6.17. The molecule has 0 saturated heterocycles. The van der Waals surface area contributed by atoms with E-state index in [-0.39, 0.29) is 22.9 Å². The number of hydrogen-bond donors (Lipinski definition) is 1. The second kappa shape index (κ2) is 7.94.